The lowest BCUT2D eigenvalue weighted by molar-refractivity contribution is -0.150. The minimum absolute atomic E-state index is 0.563. The minimum atomic E-state index is -2.38. The number of hydrogen-bond donors (Lipinski definition) is 2. The van der Waals surface area contributed by atoms with E-state index in [-0.39, 0.29) is 0 Å². The molecule has 1 heterocycles. The topological polar surface area (TPSA) is 66.8 Å². The molecule has 1 fully saturated rings. The van der Waals surface area contributed by atoms with Crippen LogP contribution in [0.4, 0.5) is 4.39 Å². The molecule has 0 unspecified atom stereocenters. The number of aliphatic hydroxyl groups excluding tert-OH is 2. The lowest BCUT2D eigenvalue weighted by atomic mass is 10.0. The van der Waals surface area contributed by atoms with E-state index in [0.717, 1.165) is 6.92 Å². The van der Waals surface area contributed by atoms with Gasteiger partial charge in [0.1, 0.15) is 6.10 Å². The van der Waals surface area contributed by atoms with Gasteiger partial charge in [0.15, 0.2) is 6.10 Å². The fourth-order valence-corrected chi connectivity index (χ4v) is 0.924. The largest absolute Gasteiger partial charge is 0.455 e. The lowest BCUT2D eigenvalue weighted by Crippen LogP contribution is -2.40. The first-order valence-corrected chi connectivity index (χ1v) is 3.19. The van der Waals surface area contributed by atoms with Crippen LogP contribution in [-0.4, -0.2) is 40.7 Å². The number of hydrogen-bond acceptors (Lipinski definition) is 4. The van der Waals surface area contributed by atoms with Crippen LogP contribution in [0.1, 0.15) is 6.92 Å². The van der Waals surface area contributed by atoms with Crippen molar-refractivity contribution >= 4 is 5.97 Å². The van der Waals surface area contributed by atoms with Crippen LogP contribution >= 0.6 is 0 Å². The van der Waals surface area contributed by atoms with Gasteiger partial charge < -0.3 is 14.9 Å². The predicted octanol–water partition coefficient (Wildman–Crippen LogP) is -1.01. The van der Waals surface area contributed by atoms with Crippen molar-refractivity contribution in [3.8, 4) is 0 Å². The molecule has 0 aromatic heterocycles. The molecule has 11 heavy (non-hydrogen) atoms. The van der Waals surface area contributed by atoms with Gasteiger partial charge in [-0.15, -0.1) is 0 Å². The lowest BCUT2D eigenvalue weighted by Gasteiger charge is -2.14. The Bertz CT molecular complexity index is 179. The standard InChI is InChI=1S/C6H9FO4/c1-6(7)4(9)3(2-8)11-5(6)10/h3-4,8-9H,2H2,1H3/t3-,4-,6-/m1/s1. The van der Waals surface area contributed by atoms with Crippen molar-refractivity contribution in [3.63, 3.8) is 0 Å². The quantitative estimate of drug-likeness (QED) is 0.487. The van der Waals surface area contributed by atoms with E-state index in [1.165, 1.54) is 0 Å². The van der Waals surface area contributed by atoms with Gasteiger partial charge in [0.05, 0.1) is 6.61 Å². The van der Waals surface area contributed by atoms with Crippen LogP contribution < -0.4 is 0 Å². The molecule has 0 aromatic carbocycles. The van der Waals surface area contributed by atoms with Gasteiger partial charge in [0.2, 0.25) is 5.67 Å². The van der Waals surface area contributed by atoms with Gasteiger partial charge in [0, 0.05) is 0 Å². The van der Waals surface area contributed by atoms with Gasteiger partial charge in [-0.1, -0.05) is 0 Å². The molecule has 0 spiro atoms. The number of halogens is 1. The molecule has 0 saturated carbocycles. The Labute approximate surface area is 62.6 Å². The van der Waals surface area contributed by atoms with Crippen LogP contribution in [0.2, 0.25) is 0 Å². The number of rotatable bonds is 1. The van der Waals surface area contributed by atoms with Crippen LogP contribution in [0.25, 0.3) is 0 Å². The van der Waals surface area contributed by atoms with Crippen molar-refractivity contribution in [1.82, 2.24) is 0 Å². The first-order valence-electron chi connectivity index (χ1n) is 3.19. The van der Waals surface area contributed by atoms with Crippen LogP contribution in [-0.2, 0) is 9.53 Å². The number of cyclic esters (lactones) is 1. The van der Waals surface area contributed by atoms with Crippen molar-refractivity contribution in [3.05, 3.63) is 0 Å². The van der Waals surface area contributed by atoms with E-state index in [1.54, 1.807) is 0 Å². The Hall–Kier alpha value is -0.680. The average molecular weight is 164 g/mol. The summed E-state index contributed by atoms with van der Waals surface area (Å²) in [6, 6.07) is 0. The van der Waals surface area contributed by atoms with Crippen molar-refractivity contribution < 1.29 is 24.1 Å². The second-order valence-corrected chi connectivity index (χ2v) is 2.65. The summed E-state index contributed by atoms with van der Waals surface area (Å²) in [6.45, 7) is 0.363. The Morgan fingerprint density at radius 2 is 2.36 bits per heavy atom. The van der Waals surface area contributed by atoms with E-state index < -0.39 is 30.5 Å². The molecule has 0 bridgehead atoms. The molecule has 0 amide bonds. The highest BCUT2D eigenvalue weighted by Crippen LogP contribution is 2.29. The Balaban J connectivity index is 2.80. The highest BCUT2D eigenvalue weighted by molar-refractivity contribution is 5.82. The fraction of sp³-hybridized carbons (Fsp3) is 0.833. The van der Waals surface area contributed by atoms with E-state index in [0.29, 0.717) is 0 Å². The van der Waals surface area contributed by atoms with E-state index in [2.05, 4.69) is 4.74 Å². The zero-order valence-electron chi connectivity index (χ0n) is 5.95. The average Bonchev–Trinajstić information content (AvgIpc) is 2.14. The molecule has 1 aliphatic heterocycles. The number of alkyl halides is 1. The minimum Gasteiger partial charge on any atom is -0.455 e. The summed E-state index contributed by atoms with van der Waals surface area (Å²) < 4.78 is 17.3. The molecule has 0 radical (unpaired) electrons. The SMILES string of the molecule is C[C@]1(F)C(=O)O[C@H](CO)[C@H]1O. The van der Waals surface area contributed by atoms with Crippen LogP contribution in [0.3, 0.4) is 0 Å². The summed E-state index contributed by atoms with van der Waals surface area (Å²) in [6.07, 6.45) is -2.70. The third-order valence-electron chi connectivity index (χ3n) is 1.75. The summed E-state index contributed by atoms with van der Waals surface area (Å²) in [5, 5.41) is 17.5. The van der Waals surface area contributed by atoms with Crippen LogP contribution in [0.15, 0.2) is 0 Å². The zero-order chi connectivity index (χ0) is 8.65. The number of esters is 1. The van der Waals surface area contributed by atoms with Crippen molar-refractivity contribution in [2.75, 3.05) is 6.61 Å². The van der Waals surface area contributed by atoms with Crippen molar-refractivity contribution in [2.45, 2.75) is 24.8 Å². The van der Waals surface area contributed by atoms with E-state index >= 15 is 0 Å². The summed E-state index contributed by atoms with van der Waals surface area (Å²) in [5.74, 6) is -1.12. The van der Waals surface area contributed by atoms with Crippen molar-refractivity contribution in [2.24, 2.45) is 0 Å². The fourth-order valence-electron chi connectivity index (χ4n) is 0.924. The van der Waals surface area contributed by atoms with Crippen LogP contribution in [0.5, 0.6) is 0 Å². The first-order chi connectivity index (χ1) is 5.00. The smallest absolute Gasteiger partial charge is 0.346 e. The third-order valence-corrected chi connectivity index (χ3v) is 1.75. The molecular formula is C6H9FO4. The summed E-state index contributed by atoms with van der Waals surface area (Å²) in [4.78, 5) is 10.6. The second kappa shape index (κ2) is 2.42. The monoisotopic (exact) mass is 164 g/mol. The highest BCUT2D eigenvalue weighted by Gasteiger charge is 2.54. The molecule has 0 aliphatic carbocycles. The second-order valence-electron chi connectivity index (χ2n) is 2.65. The molecule has 5 heteroatoms. The van der Waals surface area contributed by atoms with Crippen molar-refractivity contribution in [1.29, 1.82) is 0 Å². The van der Waals surface area contributed by atoms with Gasteiger partial charge in [-0.25, -0.2) is 9.18 Å². The number of aliphatic hydroxyl groups is 2. The zero-order valence-corrected chi connectivity index (χ0v) is 5.95. The highest BCUT2D eigenvalue weighted by atomic mass is 19.1. The normalized spacial score (nSPS) is 44.2. The first kappa shape index (κ1) is 8.42. The maximum atomic E-state index is 13.0. The predicted molar refractivity (Wildman–Crippen MR) is 32.5 cm³/mol. The Morgan fingerprint density at radius 3 is 2.55 bits per heavy atom. The molecule has 1 rings (SSSR count). The maximum Gasteiger partial charge on any atom is 0.346 e. The van der Waals surface area contributed by atoms with E-state index in [9.17, 15) is 9.18 Å². The molecule has 1 saturated heterocycles. The van der Waals surface area contributed by atoms with Gasteiger partial charge in [0.25, 0.3) is 0 Å². The molecule has 3 atom stereocenters. The van der Waals surface area contributed by atoms with Gasteiger partial charge >= 0.3 is 5.97 Å². The Morgan fingerprint density at radius 1 is 1.82 bits per heavy atom. The van der Waals surface area contributed by atoms with Crippen LogP contribution in [0, 0.1) is 0 Å². The molecular weight excluding hydrogens is 155 g/mol. The summed E-state index contributed by atoms with van der Waals surface area (Å²) in [5.41, 5.74) is -2.38. The molecule has 2 N–H and O–H groups in total. The Kier molecular flexibility index (Phi) is 1.85. The summed E-state index contributed by atoms with van der Waals surface area (Å²) in [7, 11) is 0. The summed E-state index contributed by atoms with van der Waals surface area (Å²) >= 11 is 0. The molecule has 4 nitrogen and oxygen atoms in total. The molecule has 64 valence electrons. The number of carbonyl (C=O) groups is 1. The van der Waals surface area contributed by atoms with Gasteiger partial charge in [-0.3, -0.25) is 0 Å². The van der Waals surface area contributed by atoms with Gasteiger partial charge in [-0.05, 0) is 6.92 Å². The van der Waals surface area contributed by atoms with Gasteiger partial charge in [-0.2, -0.15) is 0 Å². The van der Waals surface area contributed by atoms with E-state index in [1.807, 2.05) is 0 Å². The third kappa shape index (κ3) is 1.10. The maximum absolute atomic E-state index is 13.0. The molecule has 0 aromatic rings. The molecule has 1 aliphatic rings. The van der Waals surface area contributed by atoms with E-state index in [4.69, 9.17) is 10.2 Å². The number of ether oxygens (including phenoxy) is 1. The number of carbonyl (C=O) groups excluding carboxylic acids is 1.